The Morgan fingerprint density at radius 1 is 1.37 bits per heavy atom. The van der Waals surface area contributed by atoms with Crippen molar-refractivity contribution < 1.29 is 17.9 Å². The van der Waals surface area contributed by atoms with Crippen molar-refractivity contribution >= 4 is 31.8 Å². The molecule has 7 nitrogen and oxygen atoms in total. The predicted octanol–water partition coefficient (Wildman–Crippen LogP) is 1.89. The third-order valence-electron chi connectivity index (χ3n) is 1.66. The van der Waals surface area contributed by atoms with Crippen molar-refractivity contribution in [3.05, 3.63) is 18.0 Å². The minimum atomic E-state index is -3.66. The third-order valence-corrected chi connectivity index (χ3v) is 2.66. The van der Waals surface area contributed by atoms with E-state index in [-0.39, 0.29) is 11.7 Å². The van der Waals surface area contributed by atoms with Gasteiger partial charge in [-0.05, 0) is 20.8 Å². The lowest BCUT2D eigenvalue weighted by atomic mass is 10.2. The number of aromatic nitrogens is 2. The Kier molecular flexibility index (Phi) is 4.70. The fourth-order valence-corrected chi connectivity index (χ4v) is 2.01. The van der Waals surface area contributed by atoms with Gasteiger partial charge in [-0.2, -0.15) is 0 Å². The Morgan fingerprint density at radius 2 is 1.89 bits per heavy atom. The minimum Gasteiger partial charge on any atom is -0.444 e. The summed E-state index contributed by atoms with van der Waals surface area (Å²) in [5, 5.41) is 2.32. The first-order chi connectivity index (χ1) is 8.55. The van der Waals surface area contributed by atoms with Crippen molar-refractivity contribution in [2.45, 2.75) is 32.1 Å². The summed E-state index contributed by atoms with van der Waals surface area (Å²) < 4.78 is 26.7. The molecule has 0 fully saturated rings. The molecule has 0 aromatic carbocycles. The zero-order valence-corrected chi connectivity index (χ0v) is 12.2. The van der Waals surface area contributed by atoms with E-state index in [1.165, 1.54) is 12.4 Å². The predicted molar refractivity (Wildman–Crippen MR) is 70.4 cm³/mol. The van der Waals surface area contributed by atoms with Crippen LogP contribution in [0.25, 0.3) is 0 Å². The monoisotopic (exact) mass is 307 g/mol. The number of carbonyl (C=O) groups is 1. The molecule has 1 amide bonds. The molecule has 0 saturated carbocycles. The highest BCUT2D eigenvalue weighted by Crippen LogP contribution is 2.10. The molecule has 0 unspecified atom stereocenters. The molecular formula is C10H14ClN3O4S. The first-order valence-corrected chi connectivity index (χ1v) is 7.76. The van der Waals surface area contributed by atoms with Gasteiger partial charge in [-0.1, -0.05) is 0 Å². The smallest absolute Gasteiger partial charge is 0.414 e. The maximum atomic E-state index is 11.4. The van der Waals surface area contributed by atoms with E-state index in [1.54, 1.807) is 20.8 Å². The van der Waals surface area contributed by atoms with Crippen LogP contribution in [0.3, 0.4) is 0 Å². The Labute approximate surface area is 115 Å². The topological polar surface area (TPSA) is 98.2 Å². The molecule has 0 atom stereocenters. The standard InChI is InChI=1S/C10H14ClN3O4S/c1-10(2,3)18-9(15)14-8-12-4-7(5-13-8)6-19(11,16)17/h4-5H,6H2,1-3H3,(H,12,13,14,15). The lowest BCUT2D eigenvalue weighted by Gasteiger charge is -2.19. The van der Waals surface area contributed by atoms with Gasteiger partial charge in [-0.15, -0.1) is 0 Å². The second kappa shape index (κ2) is 5.70. The molecule has 0 aliphatic carbocycles. The number of nitrogens with one attached hydrogen (secondary N) is 1. The van der Waals surface area contributed by atoms with Crippen LogP contribution in [-0.2, 0) is 19.5 Å². The Bertz CT molecular complexity index is 551. The average molecular weight is 308 g/mol. The second-order valence-electron chi connectivity index (χ2n) is 4.72. The molecule has 1 heterocycles. The largest absolute Gasteiger partial charge is 0.444 e. The molecule has 1 N–H and O–H groups in total. The summed E-state index contributed by atoms with van der Waals surface area (Å²) in [6.45, 7) is 5.17. The van der Waals surface area contributed by atoms with Crippen LogP contribution < -0.4 is 5.32 Å². The van der Waals surface area contributed by atoms with Gasteiger partial charge in [0.05, 0.1) is 5.75 Å². The Hall–Kier alpha value is -1.41. The van der Waals surface area contributed by atoms with Crippen LogP contribution in [0.4, 0.5) is 10.7 Å². The van der Waals surface area contributed by atoms with E-state index in [4.69, 9.17) is 15.4 Å². The van der Waals surface area contributed by atoms with Gasteiger partial charge in [0.15, 0.2) is 0 Å². The fraction of sp³-hybridized carbons (Fsp3) is 0.500. The summed E-state index contributed by atoms with van der Waals surface area (Å²) in [4.78, 5) is 19.0. The highest BCUT2D eigenvalue weighted by molar-refractivity contribution is 8.13. The first-order valence-electron chi connectivity index (χ1n) is 5.28. The van der Waals surface area contributed by atoms with Crippen molar-refractivity contribution in [1.29, 1.82) is 0 Å². The van der Waals surface area contributed by atoms with Crippen LogP contribution in [0.1, 0.15) is 26.3 Å². The molecule has 19 heavy (non-hydrogen) atoms. The third kappa shape index (κ3) is 6.92. The highest BCUT2D eigenvalue weighted by Gasteiger charge is 2.17. The molecule has 1 rings (SSSR count). The Balaban J connectivity index is 2.65. The second-order valence-corrected chi connectivity index (χ2v) is 7.50. The molecule has 9 heteroatoms. The number of ether oxygens (including phenoxy) is 1. The zero-order valence-electron chi connectivity index (χ0n) is 10.7. The van der Waals surface area contributed by atoms with Crippen LogP contribution in [0.15, 0.2) is 12.4 Å². The molecule has 1 aromatic heterocycles. The number of hydrogen-bond acceptors (Lipinski definition) is 6. The number of amides is 1. The maximum Gasteiger partial charge on any atom is 0.414 e. The van der Waals surface area contributed by atoms with Crippen molar-refractivity contribution in [3.8, 4) is 0 Å². The fourth-order valence-electron chi connectivity index (χ4n) is 1.09. The normalized spacial score (nSPS) is 12.0. The maximum absolute atomic E-state index is 11.4. The van der Waals surface area contributed by atoms with Crippen molar-refractivity contribution in [2.75, 3.05) is 5.32 Å². The summed E-state index contributed by atoms with van der Waals surface area (Å²) in [7, 11) is 1.43. The molecule has 1 aromatic rings. The quantitative estimate of drug-likeness (QED) is 0.856. The number of rotatable bonds is 3. The van der Waals surface area contributed by atoms with Gasteiger partial charge in [-0.25, -0.2) is 23.2 Å². The average Bonchev–Trinajstić information content (AvgIpc) is 2.15. The molecular weight excluding hydrogens is 294 g/mol. The van der Waals surface area contributed by atoms with Gasteiger partial charge in [0.2, 0.25) is 15.0 Å². The number of carbonyl (C=O) groups excluding carboxylic acids is 1. The zero-order chi connectivity index (χ0) is 14.7. The summed E-state index contributed by atoms with van der Waals surface area (Å²) in [6, 6.07) is 0. The first kappa shape index (κ1) is 15.6. The van der Waals surface area contributed by atoms with Gasteiger partial charge in [-0.3, -0.25) is 5.32 Å². The molecule has 0 aliphatic rings. The molecule has 0 aliphatic heterocycles. The molecule has 0 radical (unpaired) electrons. The van der Waals surface area contributed by atoms with E-state index in [0.29, 0.717) is 5.56 Å². The SMILES string of the molecule is CC(C)(C)OC(=O)Nc1ncc(CS(=O)(=O)Cl)cn1. The lowest BCUT2D eigenvalue weighted by Crippen LogP contribution is -2.27. The minimum absolute atomic E-state index is 0.0185. The van der Waals surface area contributed by atoms with Crippen molar-refractivity contribution in [2.24, 2.45) is 0 Å². The molecule has 106 valence electrons. The number of hydrogen-bond donors (Lipinski definition) is 1. The summed E-state index contributed by atoms with van der Waals surface area (Å²) in [5.74, 6) is -0.355. The Morgan fingerprint density at radius 3 is 2.32 bits per heavy atom. The molecule has 0 saturated heterocycles. The summed E-state index contributed by atoms with van der Waals surface area (Å²) >= 11 is 0. The van der Waals surface area contributed by atoms with E-state index in [0.717, 1.165) is 0 Å². The van der Waals surface area contributed by atoms with Crippen LogP contribution in [0.2, 0.25) is 0 Å². The van der Waals surface area contributed by atoms with E-state index in [9.17, 15) is 13.2 Å². The van der Waals surface area contributed by atoms with Crippen LogP contribution in [0, 0.1) is 0 Å². The molecule has 0 bridgehead atoms. The van der Waals surface area contributed by atoms with Crippen molar-refractivity contribution in [1.82, 2.24) is 9.97 Å². The van der Waals surface area contributed by atoms with Gasteiger partial charge < -0.3 is 4.74 Å². The van der Waals surface area contributed by atoms with Gasteiger partial charge in [0, 0.05) is 28.6 Å². The number of halogens is 1. The molecule has 0 spiro atoms. The van der Waals surface area contributed by atoms with Gasteiger partial charge >= 0.3 is 6.09 Å². The van der Waals surface area contributed by atoms with E-state index < -0.39 is 20.7 Å². The highest BCUT2D eigenvalue weighted by atomic mass is 35.7. The van der Waals surface area contributed by atoms with E-state index in [2.05, 4.69) is 15.3 Å². The van der Waals surface area contributed by atoms with E-state index >= 15 is 0 Å². The van der Waals surface area contributed by atoms with E-state index in [1.807, 2.05) is 0 Å². The van der Waals surface area contributed by atoms with Crippen LogP contribution >= 0.6 is 10.7 Å². The lowest BCUT2D eigenvalue weighted by molar-refractivity contribution is 0.0634. The van der Waals surface area contributed by atoms with Gasteiger partial charge in [0.25, 0.3) is 0 Å². The summed E-state index contributed by atoms with van der Waals surface area (Å²) in [5.41, 5.74) is -0.304. The number of nitrogens with zero attached hydrogens (tertiary/aromatic N) is 2. The summed E-state index contributed by atoms with van der Waals surface area (Å²) in [6.07, 6.45) is 1.84. The number of anilines is 1. The van der Waals surface area contributed by atoms with Crippen LogP contribution in [0.5, 0.6) is 0 Å². The van der Waals surface area contributed by atoms with Crippen LogP contribution in [-0.4, -0.2) is 30.1 Å². The van der Waals surface area contributed by atoms with Crippen molar-refractivity contribution in [3.63, 3.8) is 0 Å². The van der Waals surface area contributed by atoms with Gasteiger partial charge in [0.1, 0.15) is 5.60 Å².